The Morgan fingerprint density at radius 2 is 1.27 bits per heavy atom. The molecule has 4 heteroatoms. The molecule has 5 aromatic rings. The van der Waals surface area contributed by atoms with Gasteiger partial charge in [0, 0.05) is 5.39 Å². The minimum absolute atomic E-state index is 0.126. The monoisotopic (exact) mass is 338 g/mol. The molecule has 0 spiro atoms. The second-order valence-electron chi connectivity index (χ2n) is 6.22. The van der Waals surface area contributed by atoms with Crippen LogP contribution in [0.4, 0.5) is 0 Å². The van der Waals surface area contributed by atoms with Crippen molar-refractivity contribution in [1.29, 1.82) is 0 Å². The zero-order chi connectivity index (χ0) is 17.7. The van der Waals surface area contributed by atoms with Crippen LogP contribution < -0.4 is 11.1 Å². The Kier molecular flexibility index (Phi) is 3.06. The Balaban J connectivity index is 2.15. The van der Waals surface area contributed by atoms with Gasteiger partial charge in [-0.15, -0.1) is 0 Å². The normalized spacial score (nSPS) is 11.4. The zero-order valence-electron chi connectivity index (χ0n) is 13.8. The third-order valence-electron chi connectivity index (χ3n) is 4.73. The molecule has 0 aliphatic heterocycles. The first-order chi connectivity index (χ1) is 12.8. The second kappa shape index (κ2) is 5.43. The van der Waals surface area contributed by atoms with E-state index in [2.05, 4.69) is 0 Å². The van der Waals surface area contributed by atoms with Gasteiger partial charge in [-0.1, -0.05) is 48.5 Å². The van der Waals surface area contributed by atoms with Crippen LogP contribution in [0.15, 0.2) is 94.5 Å². The van der Waals surface area contributed by atoms with Gasteiger partial charge in [0.25, 0.3) is 11.1 Å². The maximum Gasteiger partial charge on any atom is 0.266 e. The summed E-state index contributed by atoms with van der Waals surface area (Å²) in [4.78, 5) is 26.5. The van der Waals surface area contributed by atoms with Crippen molar-refractivity contribution in [3.8, 4) is 5.69 Å². The lowest BCUT2D eigenvalue weighted by Crippen LogP contribution is -2.26. The zero-order valence-corrected chi connectivity index (χ0v) is 13.8. The Labute approximate surface area is 148 Å². The number of fused-ring (bicyclic) bond motifs is 4. The molecule has 4 nitrogen and oxygen atoms in total. The molecular formula is C22H14N2O2. The largest absolute Gasteiger partial charge is 0.268 e. The average Bonchev–Trinajstić information content (AvgIpc) is 2.69. The van der Waals surface area contributed by atoms with Crippen LogP contribution in [-0.4, -0.2) is 8.97 Å². The number of nitrogens with zero attached hydrogens (tertiary/aromatic N) is 2. The van der Waals surface area contributed by atoms with Crippen molar-refractivity contribution in [1.82, 2.24) is 8.97 Å². The highest BCUT2D eigenvalue weighted by atomic mass is 16.1. The van der Waals surface area contributed by atoms with Crippen LogP contribution >= 0.6 is 0 Å². The van der Waals surface area contributed by atoms with E-state index in [-0.39, 0.29) is 11.1 Å². The maximum absolute atomic E-state index is 13.2. The second-order valence-corrected chi connectivity index (χ2v) is 6.22. The van der Waals surface area contributed by atoms with E-state index in [0.29, 0.717) is 21.9 Å². The average molecular weight is 338 g/mol. The lowest BCUT2D eigenvalue weighted by atomic mass is 10.1. The van der Waals surface area contributed by atoms with E-state index in [1.807, 2.05) is 78.9 Å². The van der Waals surface area contributed by atoms with Crippen molar-refractivity contribution in [3.05, 3.63) is 106 Å². The topological polar surface area (TPSA) is 43.5 Å². The molecule has 0 radical (unpaired) electrons. The summed E-state index contributed by atoms with van der Waals surface area (Å²) in [5.74, 6) is 0. The Morgan fingerprint density at radius 3 is 2.08 bits per heavy atom. The van der Waals surface area contributed by atoms with Gasteiger partial charge in [-0.05, 0) is 41.8 Å². The molecule has 0 aliphatic rings. The molecule has 0 fully saturated rings. The quantitative estimate of drug-likeness (QED) is 0.345. The predicted molar refractivity (Wildman–Crippen MR) is 104 cm³/mol. The van der Waals surface area contributed by atoms with E-state index < -0.39 is 0 Å². The van der Waals surface area contributed by atoms with Crippen LogP contribution in [0.5, 0.6) is 0 Å². The smallest absolute Gasteiger partial charge is 0.266 e. The van der Waals surface area contributed by atoms with Crippen LogP contribution in [0.2, 0.25) is 0 Å². The lowest BCUT2D eigenvalue weighted by molar-refractivity contribution is 0.977. The summed E-state index contributed by atoms with van der Waals surface area (Å²) in [6.45, 7) is 0. The molecule has 0 N–H and O–H groups in total. The third-order valence-corrected chi connectivity index (χ3v) is 4.73. The van der Waals surface area contributed by atoms with Crippen molar-refractivity contribution in [2.75, 3.05) is 0 Å². The van der Waals surface area contributed by atoms with Gasteiger partial charge in [-0.3, -0.25) is 18.6 Å². The number of hydrogen-bond donors (Lipinski definition) is 0. The van der Waals surface area contributed by atoms with Crippen molar-refractivity contribution >= 4 is 27.3 Å². The minimum Gasteiger partial charge on any atom is -0.268 e. The van der Waals surface area contributed by atoms with Gasteiger partial charge in [-0.2, -0.15) is 0 Å². The van der Waals surface area contributed by atoms with Gasteiger partial charge >= 0.3 is 0 Å². The first-order valence-electron chi connectivity index (χ1n) is 8.39. The Morgan fingerprint density at radius 1 is 0.615 bits per heavy atom. The number of pyridine rings is 1. The number of aromatic nitrogens is 2. The summed E-state index contributed by atoms with van der Waals surface area (Å²) in [6.07, 6.45) is 0. The van der Waals surface area contributed by atoms with E-state index in [9.17, 15) is 9.59 Å². The summed E-state index contributed by atoms with van der Waals surface area (Å²) >= 11 is 0. The molecule has 0 amide bonds. The highest BCUT2D eigenvalue weighted by Gasteiger charge is 2.14. The third kappa shape index (κ3) is 1.96. The van der Waals surface area contributed by atoms with Crippen LogP contribution in [0.1, 0.15) is 0 Å². The summed E-state index contributed by atoms with van der Waals surface area (Å²) in [5.41, 5.74) is 1.65. The van der Waals surface area contributed by atoms with Gasteiger partial charge in [-0.25, -0.2) is 0 Å². The van der Waals surface area contributed by atoms with Gasteiger partial charge in [0.2, 0.25) is 0 Å². The number of hydrogen-bond acceptors (Lipinski definition) is 2. The number of rotatable bonds is 1. The van der Waals surface area contributed by atoms with Gasteiger partial charge in [0.15, 0.2) is 0 Å². The SMILES string of the molecule is O=c1c2ccccc2n2c(=O)c3ccccc3cc2n1-c1ccccc1. The molecule has 3 aromatic carbocycles. The van der Waals surface area contributed by atoms with E-state index in [1.165, 1.54) is 0 Å². The molecule has 0 bridgehead atoms. The highest BCUT2D eigenvalue weighted by molar-refractivity contribution is 5.89. The summed E-state index contributed by atoms with van der Waals surface area (Å²) in [7, 11) is 0. The maximum atomic E-state index is 13.2. The molecule has 26 heavy (non-hydrogen) atoms. The Bertz CT molecular complexity index is 1410. The summed E-state index contributed by atoms with van der Waals surface area (Å²) in [6, 6.07) is 26.0. The van der Waals surface area contributed by atoms with Gasteiger partial charge in [0.05, 0.1) is 16.6 Å². The standard InChI is InChI=1S/C22H14N2O2/c25-21-17-11-5-4-8-15(17)14-20-23(16-9-2-1-3-10-16)22(26)18-12-6-7-13-19(18)24(20)21/h1-14H. The fourth-order valence-electron chi connectivity index (χ4n) is 3.54. The fourth-order valence-corrected chi connectivity index (χ4v) is 3.54. The minimum atomic E-state index is -0.138. The fraction of sp³-hybridized carbons (Fsp3) is 0. The molecule has 5 rings (SSSR count). The molecule has 0 aliphatic carbocycles. The summed E-state index contributed by atoms with van der Waals surface area (Å²) in [5, 5.41) is 1.96. The van der Waals surface area contributed by atoms with Crippen molar-refractivity contribution < 1.29 is 0 Å². The van der Waals surface area contributed by atoms with Crippen molar-refractivity contribution in [2.45, 2.75) is 0 Å². The van der Waals surface area contributed by atoms with Crippen LogP contribution in [0.25, 0.3) is 33.0 Å². The molecular weight excluding hydrogens is 324 g/mol. The molecule has 0 atom stereocenters. The van der Waals surface area contributed by atoms with Crippen molar-refractivity contribution in [3.63, 3.8) is 0 Å². The molecule has 124 valence electrons. The van der Waals surface area contributed by atoms with Gasteiger partial charge in [0.1, 0.15) is 5.65 Å². The first kappa shape index (κ1) is 14.7. The molecule has 0 unspecified atom stereocenters. The number of benzene rings is 3. The first-order valence-corrected chi connectivity index (χ1v) is 8.39. The molecule has 0 saturated carbocycles. The van der Waals surface area contributed by atoms with Crippen LogP contribution in [0.3, 0.4) is 0 Å². The van der Waals surface area contributed by atoms with E-state index in [4.69, 9.17) is 0 Å². The Hall–Kier alpha value is -3.66. The van der Waals surface area contributed by atoms with Crippen molar-refractivity contribution in [2.24, 2.45) is 0 Å². The van der Waals surface area contributed by atoms with Crippen LogP contribution in [-0.2, 0) is 0 Å². The molecule has 2 heterocycles. The predicted octanol–water partition coefficient (Wildman–Crippen LogP) is 3.76. The summed E-state index contributed by atoms with van der Waals surface area (Å²) < 4.78 is 3.24. The highest BCUT2D eigenvalue weighted by Crippen LogP contribution is 2.19. The van der Waals surface area contributed by atoms with E-state index in [1.54, 1.807) is 15.0 Å². The van der Waals surface area contributed by atoms with Gasteiger partial charge < -0.3 is 0 Å². The molecule has 0 saturated heterocycles. The molecule has 2 aromatic heterocycles. The lowest BCUT2D eigenvalue weighted by Gasteiger charge is -2.15. The van der Waals surface area contributed by atoms with Crippen LogP contribution in [0, 0.1) is 0 Å². The number of para-hydroxylation sites is 2. The van der Waals surface area contributed by atoms with E-state index in [0.717, 1.165) is 11.1 Å². The van der Waals surface area contributed by atoms with E-state index >= 15 is 0 Å².